The van der Waals surface area contributed by atoms with Crippen LogP contribution < -0.4 is 5.19 Å². The molecule has 217 valence electrons. The molecule has 4 nitrogen and oxygen atoms in total. The first kappa shape index (κ1) is 27.4. The summed E-state index contributed by atoms with van der Waals surface area (Å²) in [4.78, 5) is 13.5. The maximum absolute atomic E-state index is 7.23. The minimum absolute atomic E-state index is 0. The van der Waals surface area contributed by atoms with E-state index in [0.29, 0.717) is 11.6 Å². The smallest absolute Gasteiger partial charge is 0.216 e. The zero-order chi connectivity index (χ0) is 31.6. The van der Waals surface area contributed by atoms with Gasteiger partial charge >= 0.3 is 0 Å². The summed E-state index contributed by atoms with van der Waals surface area (Å²) in [5.41, 5.74) is 7.72. The van der Waals surface area contributed by atoms with Crippen molar-refractivity contribution in [2.75, 3.05) is 0 Å². The van der Waals surface area contributed by atoms with Crippen molar-refractivity contribution in [3.63, 3.8) is 0 Å². The number of fused-ring (bicyclic) bond motifs is 3. The second kappa shape index (κ2) is 13.2. The van der Waals surface area contributed by atoms with Gasteiger partial charge in [-0.25, -0.2) is 4.98 Å². The molecule has 0 saturated carbocycles. The van der Waals surface area contributed by atoms with Gasteiger partial charge in [0.1, 0.15) is 0 Å². The number of hydrogen-bond acceptors (Lipinski definition) is 4. The van der Waals surface area contributed by atoms with Crippen LogP contribution >= 0.6 is 0 Å². The number of hydrogen-bond donors (Lipinski definition) is 0. The van der Waals surface area contributed by atoms with E-state index in [4.69, 9.17) is 13.5 Å². The zero-order valence-corrected chi connectivity index (χ0v) is 28.3. The Morgan fingerprint density at radius 1 is 0.905 bits per heavy atom. The fourth-order valence-electron chi connectivity index (χ4n) is 4.88. The molecule has 0 aliphatic heterocycles. The van der Waals surface area contributed by atoms with Crippen molar-refractivity contribution in [2.24, 2.45) is 5.92 Å². The monoisotopic (exact) mass is 751 g/mol. The third-order valence-electron chi connectivity index (χ3n) is 6.86. The van der Waals surface area contributed by atoms with Gasteiger partial charge in [-0.15, -0.1) is 59.7 Å². The van der Waals surface area contributed by atoms with Gasteiger partial charge in [-0.2, -0.15) is 0 Å². The van der Waals surface area contributed by atoms with Crippen LogP contribution in [0.2, 0.25) is 19.6 Å². The van der Waals surface area contributed by atoms with E-state index in [1.807, 2.05) is 37.3 Å². The average molecular weight is 751 g/mol. The topological polar surface area (TPSA) is 51.8 Å². The van der Waals surface area contributed by atoms with Crippen LogP contribution in [-0.2, 0) is 26.5 Å². The number of benzene rings is 2. The van der Waals surface area contributed by atoms with Crippen molar-refractivity contribution in [3.8, 4) is 22.5 Å². The average Bonchev–Trinajstić information content (AvgIpc) is 3.33. The van der Waals surface area contributed by atoms with Gasteiger partial charge in [0.25, 0.3) is 0 Å². The number of aromatic nitrogens is 3. The van der Waals surface area contributed by atoms with Crippen molar-refractivity contribution >= 4 is 35.3 Å². The molecular weight excluding hydrogens is 711 g/mol. The van der Waals surface area contributed by atoms with Gasteiger partial charge in [0.05, 0.1) is 13.7 Å². The standard InChI is InChI=1S/C24H27N2OSi.C12H10N.Ir/c1-15(2)11-18-13-21(25-14-23(18)28(4,5)6)17-8-10-22-20(12-17)19-9-7-16(3)26-24(19)27-22;1-10-7-8-12(13-9-10)11-5-3-2-4-6-11;/h7,9-10,12-15H,11H2,1-6H3;2-5,7-9H,1H3;/q2*-1;/i;1D3;. The Morgan fingerprint density at radius 2 is 1.71 bits per heavy atom. The summed E-state index contributed by atoms with van der Waals surface area (Å²) in [7, 11) is -1.44. The summed E-state index contributed by atoms with van der Waals surface area (Å²) in [5.74, 6) is 0.615. The van der Waals surface area contributed by atoms with Crippen LogP contribution in [0.25, 0.3) is 44.6 Å². The van der Waals surface area contributed by atoms with E-state index in [-0.39, 0.29) is 25.7 Å². The number of rotatable bonds is 5. The number of pyridine rings is 3. The molecule has 0 aliphatic carbocycles. The first-order valence-corrected chi connectivity index (χ1v) is 17.4. The van der Waals surface area contributed by atoms with E-state index in [1.165, 1.54) is 16.9 Å². The Balaban J connectivity index is 0.000000231. The van der Waals surface area contributed by atoms with Crippen LogP contribution in [0.3, 0.4) is 0 Å². The normalized spacial score (nSPS) is 12.7. The molecule has 0 aliphatic rings. The van der Waals surface area contributed by atoms with Crippen molar-refractivity contribution < 1.29 is 28.6 Å². The third kappa shape index (κ3) is 7.30. The second-order valence-corrected chi connectivity index (χ2v) is 16.9. The summed E-state index contributed by atoms with van der Waals surface area (Å²) >= 11 is 0. The van der Waals surface area contributed by atoms with Crippen LogP contribution in [-0.4, -0.2) is 23.0 Å². The van der Waals surface area contributed by atoms with Crippen LogP contribution in [0, 0.1) is 31.8 Å². The Hall–Kier alpha value is -3.44. The number of nitrogens with zero attached hydrogens (tertiary/aromatic N) is 3. The van der Waals surface area contributed by atoms with Crippen molar-refractivity contribution in [3.05, 3.63) is 108 Å². The predicted molar refractivity (Wildman–Crippen MR) is 173 cm³/mol. The summed E-state index contributed by atoms with van der Waals surface area (Å²) < 4.78 is 27.6. The van der Waals surface area contributed by atoms with Crippen molar-refractivity contribution in [2.45, 2.75) is 53.7 Å². The van der Waals surface area contributed by atoms with E-state index in [2.05, 4.69) is 80.0 Å². The molecule has 4 aromatic heterocycles. The van der Waals surface area contributed by atoms with E-state index < -0.39 is 14.9 Å². The Labute approximate surface area is 268 Å². The largest absolute Gasteiger partial charge is 0.486 e. The molecule has 0 atom stereocenters. The van der Waals surface area contributed by atoms with Crippen molar-refractivity contribution in [1.82, 2.24) is 15.0 Å². The van der Waals surface area contributed by atoms with Crippen molar-refractivity contribution in [1.29, 1.82) is 0 Å². The van der Waals surface area contributed by atoms with Gasteiger partial charge in [0.15, 0.2) is 0 Å². The molecule has 0 N–H and O–H groups in total. The second-order valence-electron chi connectivity index (χ2n) is 11.8. The van der Waals surface area contributed by atoms with E-state index >= 15 is 0 Å². The van der Waals surface area contributed by atoms with Crippen LogP contribution in [0.15, 0.2) is 83.5 Å². The molecule has 0 fully saturated rings. The van der Waals surface area contributed by atoms with Crippen LogP contribution in [0.1, 0.15) is 34.8 Å². The molecule has 0 amide bonds. The quantitative estimate of drug-likeness (QED) is 0.131. The molecule has 0 saturated heterocycles. The molecule has 6 aromatic rings. The predicted octanol–water partition coefficient (Wildman–Crippen LogP) is 8.75. The zero-order valence-electron chi connectivity index (χ0n) is 27.9. The molecule has 6 rings (SSSR count). The fourth-order valence-corrected chi connectivity index (χ4v) is 6.46. The summed E-state index contributed by atoms with van der Waals surface area (Å²) in [5, 5.41) is 3.56. The van der Waals surface area contributed by atoms with Gasteiger partial charge in [0.2, 0.25) is 5.71 Å². The van der Waals surface area contributed by atoms with Gasteiger partial charge in [-0.1, -0.05) is 62.6 Å². The minimum atomic E-state index is -2.09. The Bertz CT molecular complexity index is 1900. The molecule has 2 aromatic carbocycles. The fraction of sp³-hybridized carbons (Fsp3) is 0.250. The first-order valence-electron chi connectivity index (χ1n) is 15.4. The van der Waals surface area contributed by atoms with Gasteiger partial charge in [-0.3, -0.25) is 0 Å². The van der Waals surface area contributed by atoms with E-state index in [1.54, 1.807) is 18.2 Å². The third-order valence-corrected chi connectivity index (χ3v) is 8.93. The first-order chi connectivity index (χ1) is 20.8. The Kier molecular flexibility index (Phi) is 8.64. The molecule has 0 bridgehead atoms. The van der Waals surface area contributed by atoms with Gasteiger partial charge < -0.3 is 14.4 Å². The molecule has 0 unspecified atom stereocenters. The maximum Gasteiger partial charge on any atom is 0.216 e. The maximum atomic E-state index is 7.23. The van der Waals surface area contributed by atoms with Gasteiger partial charge in [0, 0.05) is 47.7 Å². The summed E-state index contributed by atoms with van der Waals surface area (Å²) in [6.07, 6.45) is 4.58. The molecule has 42 heavy (non-hydrogen) atoms. The van der Waals surface area contributed by atoms with Crippen LogP contribution in [0.4, 0.5) is 0 Å². The molecule has 4 heterocycles. The number of furan rings is 1. The van der Waals surface area contributed by atoms with E-state index in [0.717, 1.165) is 51.0 Å². The minimum Gasteiger partial charge on any atom is -0.486 e. The SMILES string of the molecule is Cc1ccc2c(n1)oc1c[c-]c(-c3cc(CC(C)C)c([Si](C)(C)C)cn3)cc12.[2H]C([2H])([2H])c1ccc(-c2[c-]cccc2)nc1.[Ir]. The number of aryl methyl sites for hydroxylation is 2. The molecular formula is C36H37IrN3OSi-2. The van der Waals surface area contributed by atoms with Crippen LogP contribution in [0.5, 0.6) is 0 Å². The Morgan fingerprint density at radius 3 is 2.38 bits per heavy atom. The van der Waals surface area contributed by atoms with E-state index in [9.17, 15) is 0 Å². The molecule has 1 radical (unpaired) electrons. The molecule has 6 heteroatoms. The molecule has 0 spiro atoms. The van der Waals surface area contributed by atoms with Gasteiger partial charge in [-0.05, 0) is 60.4 Å². The summed E-state index contributed by atoms with van der Waals surface area (Å²) in [6, 6.07) is 27.6. The summed E-state index contributed by atoms with van der Waals surface area (Å²) in [6.45, 7) is 11.6.